The molecule has 128 valence electrons. The van der Waals surface area contributed by atoms with Crippen LogP contribution in [0.4, 0.5) is 10.5 Å². The number of nitrogens with zero attached hydrogens (tertiary/aromatic N) is 2. The van der Waals surface area contributed by atoms with Gasteiger partial charge in [-0.3, -0.25) is 14.7 Å². The number of ether oxygens (including phenoxy) is 1. The molecule has 0 saturated carbocycles. The minimum Gasteiger partial charge on any atom is -0.444 e. The summed E-state index contributed by atoms with van der Waals surface area (Å²) in [4.78, 5) is 41.2. The summed E-state index contributed by atoms with van der Waals surface area (Å²) in [7, 11) is 0. The molecule has 0 unspecified atom stereocenters. The Labute approximate surface area is 138 Å². The number of nitrogens with one attached hydrogen (secondary N) is 1. The van der Waals surface area contributed by atoms with E-state index in [1.165, 1.54) is 4.90 Å². The highest BCUT2D eigenvalue weighted by atomic mass is 16.6. The molecule has 2 heterocycles. The van der Waals surface area contributed by atoms with Crippen LogP contribution >= 0.6 is 0 Å². The van der Waals surface area contributed by atoms with Gasteiger partial charge in [0, 0.05) is 24.8 Å². The maximum Gasteiger partial charge on any atom is 0.417 e. The fourth-order valence-electron chi connectivity index (χ4n) is 2.53. The molecule has 1 fully saturated rings. The van der Waals surface area contributed by atoms with Crippen LogP contribution in [-0.2, 0) is 9.53 Å². The molecule has 8 nitrogen and oxygen atoms in total. The van der Waals surface area contributed by atoms with E-state index in [0.717, 1.165) is 0 Å². The summed E-state index contributed by atoms with van der Waals surface area (Å²) >= 11 is 0. The molecule has 2 aromatic rings. The van der Waals surface area contributed by atoms with Crippen molar-refractivity contribution >= 4 is 28.8 Å². The number of carbonyl (C=O) groups is 2. The summed E-state index contributed by atoms with van der Waals surface area (Å²) in [5.74, 6) is -0.757. The molecular formula is C16H19N3O5. The van der Waals surface area contributed by atoms with Crippen LogP contribution in [0, 0.1) is 0 Å². The van der Waals surface area contributed by atoms with Crippen molar-refractivity contribution in [2.24, 2.45) is 0 Å². The number of hydrogen-bond acceptors (Lipinski definition) is 5. The fourth-order valence-corrected chi connectivity index (χ4v) is 2.53. The average molecular weight is 333 g/mol. The SMILES string of the molecule is CC(C)(C)OC(=O)N1CCN(c2ccc3[nH]c(=O)oc3c2)C(=O)C1. The van der Waals surface area contributed by atoms with Gasteiger partial charge in [0.2, 0.25) is 5.91 Å². The zero-order chi connectivity index (χ0) is 17.5. The number of oxazole rings is 1. The van der Waals surface area contributed by atoms with Crippen LogP contribution in [0.5, 0.6) is 0 Å². The van der Waals surface area contributed by atoms with E-state index in [1.807, 2.05) is 0 Å². The molecule has 1 aromatic carbocycles. The molecule has 0 spiro atoms. The number of benzene rings is 1. The smallest absolute Gasteiger partial charge is 0.417 e. The van der Waals surface area contributed by atoms with Gasteiger partial charge in [-0.25, -0.2) is 9.59 Å². The van der Waals surface area contributed by atoms with E-state index in [1.54, 1.807) is 43.9 Å². The number of carbonyl (C=O) groups excluding carboxylic acids is 2. The molecule has 1 aromatic heterocycles. The molecule has 0 radical (unpaired) electrons. The molecule has 0 aliphatic carbocycles. The molecule has 8 heteroatoms. The lowest BCUT2D eigenvalue weighted by Crippen LogP contribution is -2.53. The van der Waals surface area contributed by atoms with E-state index in [0.29, 0.717) is 29.9 Å². The van der Waals surface area contributed by atoms with Crippen LogP contribution in [0.1, 0.15) is 20.8 Å². The summed E-state index contributed by atoms with van der Waals surface area (Å²) in [5.41, 5.74) is 0.983. The van der Waals surface area contributed by atoms with Crippen molar-refractivity contribution in [3.63, 3.8) is 0 Å². The van der Waals surface area contributed by atoms with Crippen molar-refractivity contribution in [1.29, 1.82) is 0 Å². The Morgan fingerprint density at radius 3 is 2.67 bits per heavy atom. The maximum absolute atomic E-state index is 12.4. The zero-order valence-electron chi connectivity index (χ0n) is 13.8. The second-order valence-electron chi connectivity index (χ2n) is 6.64. The highest BCUT2D eigenvalue weighted by Crippen LogP contribution is 2.22. The van der Waals surface area contributed by atoms with Crippen molar-refractivity contribution in [3.05, 3.63) is 28.7 Å². The quantitative estimate of drug-likeness (QED) is 0.857. The predicted molar refractivity (Wildman–Crippen MR) is 87.0 cm³/mol. The summed E-state index contributed by atoms with van der Waals surface area (Å²) < 4.78 is 10.3. The number of piperazine rings is 1. The lowest BCUT2D eigenvalue weighted by Gasteiger charge is -2.35. The van der Waals surface area contributed by atoms with Gasteiger partial charge >= 0.3 is 11.8 Å². The minimum absolute atomic E-state index is 0.0516. The Balaban J connectivity index is 1.74. The first kappa shape index (κ1) is 16.1. The second-order valence-corrected chi connectivity index (χ2v) is 6.64. The van der Waals surface area contributed by atoms with Crippen molar-refractivity contribution < 1.29 is 18.7 Å². The number of aromatic nitrogens is 1. The van der Waals surface area contributed by atoms with Gasteiger partial charge < -0.3 is 14.1 Å². The first-order valence-electron chi connectivity index (χ1n) is 7.64. The summed E-state index contributed by atoms with van der Waals surface area (Å²) in [6, 6.07) is 5.05. The van der Waals surface area contributed by atoms with Crippen molar-refractivity contribution in [3.8, 4) is 0 Å². The molecule has 1 N–H and O–H groups in total. The molecule has 3 rings (SSSR count). The van der Waals surface area contributed by atoms with Crippen molar-refractivity contribution in [2.75, 3.05) is 24.5 Å². The second kappa shape index (κ2) is 5.70. The third-order valence-electron chi connectivity index (χ3n) is 3.59. The Kier molecular flexibility index (Phi) is 3.82. The largest absolute Gasteiger partial charge is 0.444 e. The minimum atomic E-state index is -0.603. The molecule has 1 saturated heterocycles. The van der Waals surface area contributed by atoms with E-state index in [9.17, 15) is 14.4 Å². The number of rotatable bonds is 1. The Morgan fingerprint density at radius 2 is 2.00 bits per heavy atom. The van der Waals surface area contributed by atoms with Crippen LogP contribution < -0.4 is 10.7 Å². The molecule has 24 heavy (non-hydrogen) atoms. The van der Waals surface area contributed by atoms with Gasteiger partial charge in [-0.2, -0.15) is 0 Å². The van der Waals surface area contributed by atoms with E-state index in [-0.39, 0.29) is 12.5 Å². The highest BCUT2D eigenvalue weighted by Gasteiger charge is 2.31. The third kappa shape index (κ3) is 3.27. The van der Waals surface area contributed by atoms with Crippen molar-refractivity contribution in [2.45, 2.75) is 26.4 Å². The van der Waals surface area contributed by atoms with Crippen LogP contribution in [-0.4, -0.2) is 47.1 Å². The van der Waals surface area contributed by atoms with Gasteiger partial charge in [-0.1, -0.05) is 0 Å². The number of amides is 2. The zero-order valence-corrected chi connectivity index (χ0v) is 13.8. The molecular weight excluding hydrogens is 314 g/mol. The van der Waals surface area contributed by atoms with Gasteiger partial charge in [0.1, 0.15) is 12.1 Å². The van der Waals surface area contributed by atoms with Gasteiger partial charge in [0.05, 0.1) is 5.52 Å². The third-order valence-corrected chi connectivity index (χ3v) is 3.59. The van der Waals surface area contributed by atoms with Gasteiger partial charge in [-0.15, -0.1) is 0 Å². The average Bonchev–Trinajstić information content (AvgIpc) is 2.84. The summed E-state index contributed by atoms with van der Waals surface area (Å²) in [5, 5.41) is 0. The number of fused-ring (bicyclic) bond motifs is 1. The predicted octanol–water partition coefficient (Wildman–Crippen LogP) is 1.70. The lowest BCUT2D eigenvalue weighted by molar-refractivity contribution is -0.121. The molecule has 2 amide bonds. The standard InChI is InChI=1S/C16H19N3O5/c1-16(2,3)24-15(22)18-6-7-19(13(20)9-18)10-4-5-11-12(8-10)23-14(21)17-11/h4-5,8H,6-7,9H2,1-3H3,(H,17,21). The van der Waals surface area contributed by atoms with E-state index in [2.05, 4.69) is 4.98 Å². The summed E-state index contributed by atoms with van der Waals surface area (Å²) in [6.07, 6.45) is -0.498. The fraction of sp³-hybridized carbons (Fsp3) is 0.438. The van der Waals surface area contributed by atoms with E-state index < -0.39 is 17.5 Å². The van der Waals surface area contributed by atoms with Gasteiger partial charge in [0.25, 0.3) is 0 Å². The molecule has 1 aliphatic rings. The topological polar surface area (TPSA) is 95.8 Å². The number of anilines is 1. The van der Waals surface area contributed by atoms with Crippen LogP contribution in [0.2, 0.25) is 0 Å². The normalized spacial score (nSPS) is 15.9. The number of hydrogen-bond donors (Lipinski definition) is 1. The Hall–Kier alpha value is -2.77. The maximum atomic E-state index is 12.4. The monoisotopic (exact) mass is 333 g/mol. The first-order chi connectivity index (χ1) is 11.2. The molecule has 0 atom stereocenters. The lowest BCUT2D eigenvalue weighted by atomic mass is 10.2. The highest BCUT2D eigenvalue weighted by molar-refractivity contribution is 5.98. The van der Waals surface area contributed by atoms with Crippen molar-refractivity contribution in [1.82, 2.24) is 9.88 Å². The van der Waals surface area contributed by atoms with E-state index in [4.69, 9.17) is 9.15 Å². The molecule has 0 bridgehead atoms. The van der Waals surface area contributed by atoms with Gasteiger partial charge in [0.15, 0.2) is 5.58 Å². The van der Waals surface area contributed by atoms with Crippen LogP contribution in [0.25, 0.3) is 11.1 Å². The van der Waals surface area contributed by atoms with Gasteiger partial charge in [-0.05, 0) is 32.9 Å². The summed E-state index contributed by atoms with van der Waals surface area (Å²) in [6.45, 7) is 6.01. The van der Waals surface area contributed by atoms with Crippen LogP contribution in [0.3, 0.4) is 0 Å². The number of H-pyrrole nitrogens is 1. The Morgan fingerprint density at radius 1 is 1.25 bits per heavy atom. The van der Waals surface area contributed by atoms with Crippen LogP contribution in [0.15, 0.2) is 27.4 Å². The number of aromatic amines is 1. The Bertz CT molecular complexity index is 845. The molecule has 1 aliphatic heterocycles. The van der Waals surface area contributed by atoms with E-state index >= 15 is 0 Å². The first-order valence-corrected chi connectivity index (χ1v) is 7.64.